The Hall–Kier alpha value is -2.74. The predicted molar refractivity (Wildman–Crippen MR) is 112 cm³/mol. The number of hydrogen-bond acceptors (Lipinski definition) is 4. The molecular formula is C21H23FN4O2S. The Bertz CT molecular complexity index is 1070. The lowest BCUT2D eigenvalue weighted by Gasteiger charge is -2.31. The first-order valence-corrected chi connectivity index (χ1v) is 10.6. The van der Waals surface area contributed by atoms with Crippen LogP contribution in [0.4, 0.5) is 10.1 Å². The lowest BCUT2D eigenvalue weighted by atomic mass is 9.95. The van der Waals surface area contributed by atoms with Crippen LogP contribution in [0, 0.1) is 18.7 Å². The van der Waals surface area contributed by atoms with Gasteiger partial charge in [-0.2, -0.15) is 5.10 Å². The number of piperidine rings is 1. The van der Waals surface area contributed by atoms with E-state index in [1.807, 2.05) is 13.0 Å². The fourth-order valence-corrected chi connectivity index (χ4v) is 4.98. The van der Waals surface area contributed by atoms with Gasteiger partial charge in [0.1, 0.15) is 5.82 Å². The molecule has 152 valence electrons. The number of benzene rings is 1. The highest BCUT2D eigenvalue weighted by atomic mass is 32.1. The van der Waals surface area contributed by atoms with E-state index in [2.05, 4.69) is 10.4 Å². The van der Waals surface area contributed by atoms with Gasteiger partial charge in [0.2, 0.25) is 5.91 Å². The molecule has 1 saturated heterocycles. The Morgan fingerprint density at radius 2 is 2.07 bits per heavy atom. The van der Waals surface area contributed by atoms with E-state index in [1.165, 1.54) is 17.4 Å². The number of aryl methyl sites for hydroxylation is 2. The van der Waals surface area contributed by atoms with Crippen LogP contribution in [0.25, 0.3) is 10.1 Å². The number of rotatable bonds is 4. The SMILES string of the molecule is CCn1cc(NC(=O)C2CCN(C(=O)c3sc4cccc(F)c4c3C)CC2)cn1. The minimum atomic E-state index is -0.294. The molecule has 1 aromatic carbocycles. The molecule has 1 aliphatic rings. The van der Waals surface area contributed by atoms with Crippen molar-refractivity contribution < 1.29 is 14.0 Å². The topological polar surface area (TPSA) is 67.2 Å². The molecule has 0 atom stereocenters. The van der Waals surface area contributed by atoms with Crippen molar-refractivity contribution in [2.75, 3.05) is 18.4 Å². The van der Waals surface area contributed by atoms with Gasteiger partial charge in [0, 0.05) is 41.8 Å². The van der Waals surface area contributed by atoms with Gasteiger partial charge >= 0.3 is 0 Å². The minimum Gasteiger partial charge on any atom is -0.338 e. The Kier molecular flexibility index (Phi) is 5.36. The van der Waals surface area contributed by atoms with Gasteiger partial charge in [-0.15, -0.1) is 11.3 Å². The molecule has 0 radical (unpaired) electrons. The maximum atomic E-state index is 14.1. The zero-order valence-corrected chi connectivity index (χ0v) is 17.3. The monoisotopic (exact) mass is 414 g/mol. The van der Waals surface area contributed by atoms with Crippen molar-refractivity contribution in [1.82, 2.24) is 14.7 Å². The first-order chi connectivity index (χ1) is 14.0. The summed E-state index contributed by atoms with van der Waals surface area (Å²) in [4.78, 5) is 27.9. The Morgan fingerprint density at radius 3 is 2.72 bits per heavy atom. The normalized spacial score (nSPS) is 15.1. The molecule has 0 saturated carbocycles. The summed E-state index contributed by atoms with van der Waals surface area (Å²) >= 11 is 1.33. The molecule has 4 rings (SSSR count). The first-order valence-electron chi connectivity index (χ1n) is 9.78. The molecule has 2 aromatic heterocycles. The smallest absolute Gasteiger partial charge is 0.264 e. The Morgan fingerprint density at radius 1 is 1.31 bits per heavy atom. The summed E-state index contributed by atoms with van der Waals surface area (Å²) < 4.78 is 16.7. The highest BCUT2D eigenvalue weighted by Gasteiger charge is 2.30. The van der Waals surface area contributed by atoms with E-state index in [9.17, 15) is 14.0 Å². The molecule has 6 nitrogen and oxygen atoms in total. The predicted octanol–water partition coefficient (Wildman–Crippen LogP) is 4.06. The highest BCUT2D eigenvalue weighted by Crippen LogP contribution is 2.34. The summed E-state index contributed by atoms with van der Waals surface area (Å²) in [7, 11) is 0. The minimum absolute atomic E-state index is 0.0344. The second-order valence-corrected chi connectivity index (χ2v) is 8.36. The molecule has 29 heavy (non-hydrogen) atoms. The van der Waals surface area contributed by atoms with E-state index >= 15 is 0 Å². The van der Waals surface area contributed by atoms with E-state index in [0.29, 0.717) is 47.4 Å². The van der Waals surface area contributed by atoms with Crippen LogP contribution >= 0.6 is 11.3 Å². The molecule has 0 bridgehead atoms. The quantitative estimate of drug-likeness (QED) is 0.700. The summed E-state index contributed by atoms with van der Waals surface area (Å²) in [6, 6.07) is 4.92. The number of halogens is 1. The molecule has 1 aliphatic heterocycles. The summed E-state index contributed by atoms with van der Waals surface area (Å²) in [5.41, 5.74) is 1.39. The van der Waals surface area contributed by atoms with Gasteiger partial charge in [-0.05, 0) is 44.4 Å². The number of likely N-dealkylation sites (tertiary alicyclic amines) is 1. The van der Waals surface area contributed by atoms with Gasteiger partial charge in [0.05, 0.1) is 16.8 Å². The molecule has 3 aromatic rings. The average Bonchev–Trinajstić information content (AvgIpc) is 3.32. The van der Waals surface area contributed by atoms with Crippen LogP contribution in [-0.4, -0.2) is 39.6 Å². The third kappa shape index (κ3) is 3.76. The van der Waals surface area contributed by atoms with Crippen molar-refractivity contribution in [2.45, 2.75) is 33.2 Å². The number of anilines is 1. The van der Waals surface area contributed by atoms with Gasteiger partial charge in [-0.3, -0.25) is 14.3 Å². The maximum absolute atomic E-state index is 14.1. The third-order valence-corrected chi connectivity index (χ3v) is 6.72. The number of hydrogen-bond donors (Lipinski definition) is 1. The summed E-state index contributed by atoms with van der Waals surface area (Å²) in [5, 5.41) is 7.60. The molecule has 1 fully saturated rings. The first kappa shape index (κ1) is 19.6. The number of nitrogens with zero attached hydrogens (tertiary/aromatic N) is 3. The molecule has 0 spiro atoms. The lowest BCUT2D eigenvalue weighted by molar-refractivity contribution is -0.121. The zero-order chi connectivity index (χ0) is 20.5. The van der Waals surface area contributed by atoms with Crippen LogP contribution < -0.4 is 5.32 Å². The number of carbonyl (C=O) groups is 2. The van der Waals surface area contributed by atoms with E-state index in [1.54, 1.807) is 35.0 Å². The van der Waals surface area contributed by atoms with Gasteiger partial charge in [0.15, 0.2) is 0 Å². The van der Waals surface area contributed by atoms with Crippen LogP contribution in [0.15, 0.2) is 30.6 Å². The van der Waals surface area contributed by atoms with Gasteiger partial charge < -0.3 is 10.2 Å². The molecule has 3 heterocycles. The van der Waals surface area contributed by atoms with Crippen LogP contribution in [0.2, 0.25) is 0 Å². The Balaban J connectivity index is 1.40. The van der Waals surface area contributed by atoms with Crippen molar-refractivity contribution in [3.05, 3.63) is 46.9 Å². The standard InChI is InChI=1S/C21H23FN4O2S/c1-3-26-12-15(11-23-26)24-20(27)14-7-9-25(10-8-14)21(28)19-13(2)18-16(22)5-4-6-17(18)29-19/h4-6,11-12,14H,3,7-10H2,1-2H3,(H,24,27). The fourth-order valence-electron chi connectivity index (χ4n) is 3.79. The van der Waals surface area contributed by atoms with Crippen molar-refractivity contribution >= 4 is 38.9 Å². The van der Waals surface area contributed by atoms with Crippen molar-refractivity contribution in [3.63, 3.8) is 0 Å². The summed E-state index contributed by atoms with van der Waals surface area (Å²) in [6.07, 6.45) is 4.67. The van der Waals surface area contributed by atoms with Crippen LogP contribution in [0.5, 0.6) is 0 Å². The van der Waals surface area contributed by atoms with E-state index in [0.717, 1.165) is 11.2 Å². The van der Waals surface area contributed by atoms with Gasteiger partial charge in [-0.1, -0.05) is 6.07 Å². The second kappa shape index (κ2) is 7.94. The number of carbonyl (C=O) groups excluding carboxylic acids is 2. The van der Waals surface area contributed by atoms with E-state index in [4.69, 9.17) is 0 Å². The number of thiophene rings is 1. The molecular weight excluding hydrogens is 391 g/mol. The molecule has 8 heteroatoms. The van der Waals surface area contributed by atoms with E-state index in [-0.39, 0.29) is 23.5 Å². The number of fused-ring (bicyclic) bond motifs is 1. The summed E-state index contributed by atoms with van der Waals surface area (Å²) in [6.45, 7) is 5.56. The fraction of sp³-hybridized carbons (Fsp3) is 0.381. The molecule has 0 unspecified atom stereocenters. The summed E-state index contributed by atoms with van der Waals surface area (Å²) in [5.74, 6) is -0.541. The highest BCUT2D eigenvalue weighted by molar-refractivity contribution is 7.21. The van der Waals surface area contributed by atoms with Crippen molar-refractivity contribution in [2.24, 2.45) is 5.92 Å². The largest absolute Gasteiger partial charge is 0.338 e. The molecule has 1 N–H and O–H groups in total. The number of aromatic nitrogens is 2. The van der Waals surface area contributed by atoms with Crippen LogP contribution in [0.1, 0.15) is 35.0 Å². The van der Waals surface area contributed by atoms with Crippen LogP contribution in [0.3, 0.4) is 0 Å². The van der Waals surface area contributed by atoms with Crippen molar-refractivity contribution in [3.8, 4) is 0 Å². The third-order valence-electron chi connectivity index (χ3n) is 5.47. The maximum Gasteiger partial charge on any atom is 0.264 e. The number of nitrogens with one attached hydrogen (secondary N) is 1. The van der Waals surface area contributed by atoms with E-state index < -0.39 is 0 Å². The van der Waals surface area contributed by atoms with Gasteiger partial charge in [0.25, 0.3) is 5.91 Å². The van der Waals surface area contributed by atoms with Crippen LogP contribution in [-0.2, 0) is 11.3 Å². The lowest BCUT2D eigenvalue weighted by Crippen LogP contribution is -2.41. The molecule has 2 amide bonds. The second-order valence-electron chi connectivity index (χ2n) is 7.31. The number of amides is 2. The average molecular weight is 415 g/mol. The zero-order valence-electron chi connectivity index (χ0n) is 16.4. The van der Waals surface area contributed by atoms with Gasteiger partial charge in [-0.25, -0.2) is 4.39 Å². The van der Waals surface area contributed by atoms with Crippen molar-refractivity contribution in [1.29, 1.82) is 0 Å². The Labute approximate surface area is 172 Å². The molecule has 0 aliphatic carbocycles.